The minimum absolute atomic E-state index is 0.0220. The second kappa shape index (κ2) is 14.5. The maximum Gasteiger partial charge on any atom is 0.419 e. The maximum absolute atomic E-state index is 13.0. The molecule has 3 nitrogen and oxygen atoms in total. The highest BCUT2D eigenvalue weighted by atomic mass is 19.4. The summed E-state index contributed by atoms with van der Waals surface area (Å²) >= 11 is 0. The first-order valence-corrected chi connectivity index (χ1v) is 8.69. The zero-order valence-corrected chi connectivity index (χ0v) is 16.5. The Morgan fingerprint density at radius 1 is 1.19 bits per heavy atom. The fraction of sp³-hybridized carbons (Fsp3) is 0.632. The first-order chi connectivity index (χ1) is 12.6. The monoisotopic (exact) mass is 399 g/mol. The first kappa shape index (κ1) is 27.7. The van der Waals surface area contributed by atoms with E-state index in [1.807, 2.05) is 13.8 Å². The summed E-state index contributed by atoms with van der Waals surface area (Å²) in [6.07, 6.45) is -2.87. The second-order valence-corrected chi connectivity index (χ2v) is 5.73. The van der Waals surface area contributed by atoms with E-state index in [0.29, 0.717) is 13.2 Å². The number of hydrogen-bond acceptors (Lipinski definition) is 3. The number of hydrogen-bond donors (Lipinski definition) is 1. The Morgan fingerprint density at radius 3 is 2.00 bits per heavy atom. The lowest BCUT2D eigenvalue weighted by Crippen LogP contribution is -2.32. The Hall–Kier alpha value is -1.54. The Bertz CT molecular complexity index is 517. The molecular formula is C19H30F5NO2. The van der Waals surface area contributed by atoms with Crippen molar-refractivity contribution in [2.45, 2.75) is 52.3 Å². The van der Waals surface area contributed by atoms with E-state index in [4.69, 9.17) is 5.11 Å². The van der Waals surface area contributed by atoms with Gasteiger partial charge in [0.15, 0.2) is 0 Å². The van der Waals surface area contributed by atoms with Gasteiger partial charge in [-0.15, -0.1) is 0 Å². The van der Waals surface area contributed by atoms with E-state index in [1.165, 1.54) is 6.92 Å². The number of halogens is 5. The lowest BCUT2D eigenvalue weighted by molar-refractivity contribution is -0.140. The van der Waals surface area contributed by atoms with Crippen molar-refractivity contribution in [3.8, 4) is 0 Å². The Morgan fingerprint density at radius 2 is 1.67 bits per heavy atom. The van der Waals surface area contributed by atoms with E-state index in [0.717, 1.165) is 38.1 Å². The summed E-state index contributed by atoms with van der Waals surface area (Å²) in [6.45, 7) is 7.40. The maximum atomic E-state index is 13.0. The fourth-order valence-corrected chi connectivity index (χ4v) is 2.18. The number of ketones is 1. The molecule has 1 aliphatic rings. The molecule has 0 bridgehead atoms. The van der Waals surface area contributed by atoms with E-state index in [2.05, 4.69) is 11.9 Å². The fourth-order valence-electron chi connectivity index (χ4n) is 2.18. The predicted molar refractivity (Wildman–Crippen MR) is 96.9 cm³/mol. The molecule has 2 rings (SSSR count). The summed E-state index contributed by atoms with van der Waals surface area (Å²) in [5.74, 6) is -1.57. The standard InChI is InChI=1S/C10H8F4O.C6H13NO.C2H6.CH3F/c1-6(15)4-7-2-3-8(9(11)5-7)10(12,13)14;1-7-4-2-6(8)3-5-7;2*1-2/h2-3,5H,4H2,1H3;6,8H,2-5H2,1H3;1-2H3;1H3. The molecule has 0 radical (unpaired) electrons. The summed E-state index contributed by atoms with van der Waals surface area (Å²) in [6, 6.07) is 2.49. The molecule has 0 saturated carbocycles. The zero-order valence-electron chi connectivity index (χ0n) is 16.5. The van der Waals surface area contributed by atoms with Gasteiger partial charge in [0.05, 0.1) is 18.8 Å². The largest absolute Gasteiger partial charge is 0.419 e. The molecule has 1 heterocycles. The number of aliphatic hydroxyl groups excluding tert-OH is 1. The quantitative estimate of drug-likeness (QED) is 0.736. The number of alkyl halides is 4. The van der Waals surface area contributed by atoms with Crippen LogP contribution in [0.5, 0.6) is 0 Å². The highest BCUT2D eigenvalue weighted by molar-refractivity contribution is 5.78. The van der Waals surface area contributed by atoms with Gasteiger partial charge in [0.1, 0.15) is 11.6 Å². The number of Topliss-reactive ketones (excluding diaryl/α,β-unsaturated/α-hetero) is 1. The van der Waals surface area contributed by atoms with Gasteiger partial charge in [-0.1, -0.05) is 19.9 Å². The van der Waals surface area contributed by atoms with E-state index < -0.39 is 17.6 Å². The van der Waals surface area contributed by atoms with Crippen molar-refractivity contribution in [2.75, 3.05) is 27.3 Å². The van der Waals surface area contributed by atoms with Gasteiger partial charge in [0, 0.05) is 19.5 Å². The molecule has 1 aromatic rings. The second-order valence-electron chi connectivity index (χ2n) is 5.73. The molecule has 0 spiro atoms. The van der Waals surface area contributed by atoms with Crippen LogP contribution in [0.2, 0.25) is 0 Å². The van der Waals surface area contributed by atoms with Crippen LogP contribution in [0.15, 0.2) is 18.2 Å². The molecule has 0 aromatic heterocycles. The predicted octanol–water partition coefficient (Wildman–Crippen LogP) is 4.66. The van der Waals surface area contributed by atoms with Crippen LogP contribution in [0, 0.1) is 5.82 Å². The smallest absolute Gasteiger partial charge is 0.393 e. The normalized spacial score (nSPS) is 14.6. The molecule has 158 valence electrons. The van der Waals surface area contributed by atoms with Gasteiger partial charge in [-0.05, 0) is 44.5 Å². The molecule has 0 unspecified atom stereocenters. The van der Waals surface area contributed by atoms with Crippen molar-refractivity contribution in [3.05, 3.63) is 35.1 Å². The minimum atomic E-state index is -4.70. The number of nitrogens with zero attached hydrogens (tertiary/aromatic N) is 1. The number of aliphatic hydroxyl groups is 1. The van der Waals surface area contributed by atoms with Gasteiger partial charge >= 0.3 is 6.18 Å². The summed E-state index contributed by atoms with van der Waals surface area (Å²) in [5, 5.41) is 9.00. The zero-order chi connectivity index (χ0) is 21.6. The van der Waals surface area contributed by atoms with Crippen LogP contribution in [0.25, 0.3) is 0 Å². The van der Waals surface area contributed by atoms with Gasteiger partial charge in [-0.25, -0.2) is 4.39 Å². The number of likely N-dealkylation sites (tertiary alicyclic amines) is 1. The number of piperidine rings is 1. The van der Waals surface area contributed by atoms with Crippen molar-refractivity contribution in [1.82, 2.24) is 4.90 Å². The summed E-state index contributed by atoms with van der Waals surface area (Å²) in [4.78, 5) is 12.9. The molecule has 1 N–H and O–H groups in total. The Kier molecular flexibility index (Phi) is 14.9. The third kappa shape index (κ3) is 12.5. The molecule has 1 aliphatic heterocycles. The van der Waals surface area contributed by atoms with Gasteiger partial charge in [0.2, 0.25) is 0 Å². The lowest BCUT2D eigenvalue weighted by atomic mass is 10.1. The molecule has 8 heteroatoms. The minimum Gasteiger partial charge on any atom is -0.393 e. The molecule has 0 atom stereocenters. The molecule has 1 saturated heterocycles. The molecule has 0 aliphatic carbocycles. The van der Waals surface area contributed by atoms with Crippen molar-refractivity contribution >= 4 is 5.78 Å². The lowest BCUT2D eigenvalue weighted by Gasteiger charge is -2.25. The average Bonchev–Trinajstić information content (AvgIpc) is 2.60. The van der Waals surface area contributed by atoms with E-state index >= 15 is 0 Å². The molecule has 1 fully saturated rings. The van der Waals surface area contributed by atoms with Gasteiger partial charge in [0.25, 0.3) is 0 Å². The summed E-state index contributed by atoms with van der Waals surface area (Å²) in [7, 11) is 2.59. The number of rotatable bonds is 2. The third-order valence-electron chi connectivity index (χ3n) is 3.48. The molecule has 1 aromatic carbocycles. The van der Waals surface area contributed by atoms with Gasteiger partial charge in [-0.2, -0.15) is 13.2 Å². The number of carbonyl (C=O) groups is 1. The van der Waals surface area contributed by atoms with Crippen LogP contribution < -0.4 is 0 Å². The third-order valence-corrected chi connectivity index (χ3v) is 3.48. The average molecular weight is 399 g/mol. The van der Waals surface area contributed by atoms with Crippen LogP contribution in [0.3, 0.4) is 0 Å². The molecule has 0 amide bonds. The van der Waals surface area contributed by atoms with E-state index in [1.54, 1.807) is 0 Å². The number of benzene rings is 1. The van der Waals surface area contributed by atoms with E-state index in [-0.39, 0.29) is 23.9 Å². The highest BCUT2D eigenvalue weighted by Gasteiger charge is 2.33. The van der Waals surface area contributed by atoms with Crippen LogP contribution in [0.4, 0.5) is 22.0 Å². The van der Waals surface area contributed by atoms with Crippen molar-refractivity contribution in [2.24, 2.45) is 0 Å². The SMILES string of the molecule is CC.CC(=O)Cc1ccc(C(F)(F)F)c(F)c1.CF.CN1CCC(O)CC1. The Labute approximate surface area is 158 Å². The van der Waals surface area contributed by atoms with Gasteiger partial charge < -0.3 is 10.0 Å². The van der Waals surface area contributed by atoms with Crippen LogP contribution in [-0.2, 0) is 17.4 Å². The molecular weight excluding hydrogens is 369 g/mol. The molecule has 27 heavy (non-hydrogen) atoms. The first-order valence-electron chi connectivity index (χ1n) is 8.69. The summed E-state index contributed by atoms with van der Waals surface area (Å²) < 4.78 is 58.9. The topological polar surface area (TPSA) is 40.5 Å². The van der Waals surface area contributed by atoms with Crippen LogP contribution in [0.1, 0.15) is 44.7 Å². The van der Waals surface area contributed by atoms with Crippen molar-refractivity contribution in [3.63, 3.8) is 0 Å². The van der Waals surface area contributed by atoms with E-state index in [9.17, 15) is 26.7 Å². The van der Waals surface area contributed by atoms with Crippen molar-refractivity contribution < 1.29 is 31.9 Å². The Balaban J connectivity index is 0. The van der Waals surface area contributed by atoms with Gasteiger partial charge in [-0.3, -0.25) is 9.18 Å². The number of carbonyl (C=O) groups excluding carboxylic acids is 1. The van der Waals surface area contributed by atoms with Crippen molar-refractivity contribution in [1.29, 1.82) is 0 Å². The van der Waals surface area contributed by atoms with Crippen LogP contribution >= 0.6 is 0 Å². The highest BCUT2D eigenvalue weighted by Crippen LogP contribution is 2.31. The summed E-state index contributed by atoms with van der Waals surface area (Å²) in [5.41, 5.74) is -1.07. The van der Waals surface area contributed by atoms with Crippen LogP contribution in [-0.4, -0.2) is 49.2 Å².